The zero-order valence-corrected chi connectivity index (χ0v) is 13.8. The molecule has 0 unspecified atom stereocenters. The van der Waals surface area contributed by atoms with Crippen molar-refractivity contribution in [3.63, 3.8) is 0 Å². The summed E-state index contributed by atoms with van der Waals surface area (Å²) >= 11 is 0. The SMILES string of the molecule is NCCN(Cc1ccncc1)Cc1ccc(CP(=O)(O)O)cc1. The highest BCUT2D eigenvalue weighted by atomic mass is 31.2. The summed E-state index contributed by atoms with van der Waals surface area (Å²) in [4.78, 5) is 24.3. The highest BCUT2D eigenvalue weighted by Crippen LogP contribution is 2.38. The minimum absolute atomic E-state index is 0.225. The van der Waals surface area contributed by atoms with E-state index in [0.29, 0.717) is 12.1 Å². The second-order valence-electron chi connectivity index (χ2n) is 5.49. The zero-order chi connectivity index (χ0) is 16.7. The Labute approximate surface area is 136 Å². The van der Waals surface area contributed by atoms with Gasteiger partial charge in [0.05, 0.1) is 6.16 Å². The summed E-state index contributed by atoms with van der Waals surface area (Å²) in [5.41, 5.74) is 8.59. The molecule has 7 heteroatoms. The average Bonchev–Trinajstić information content (AvgIpc) is 2.49. The number of hydrogen-bond donors (Lipinski definition) is 3. The summed E-state index contributed by atoms with van der Waals surface area (Å²) in [5, 5.41) is 0. The molecule has 124 valence electrons. The van der Waals surface area contributed by atoms with Gasteiger partial charge in [-0.05, 0) is 28.8 Å². The first-order valence-corrected chi connectivity index (χ1v) is 9.20. The molecule has 0 fully saturated rings. The second-order valence-corrected chi connectivity index (χ2v) is 7.14. The summed E-state index contributed by atoms with van der Waals surface area (Å²) in [7, 11) is -4.02. The third-order valence-corrected chi connectivity index (χ3v) is 4.20. The van der Waals surface area contributed by atoms with Gasteiger partial charge in [0.2, 0.25) is 0 Å². The lowest BCUT2D eigenvalue weighted by Gasteiger charge is -2.22. The molecule has 2 aromatic rings. The van der Waals surface area contributed by atoms with Crippen LogP contribution >= 0.6 is 7.60 Å². The second kappa shape index (κ2) is 8.34. The lowest BCUT2D eigenvalue weighted by Crippen LogP contribution is -2.28. The van der Waals surface area contributed by atoms with Gasteiger partial charge in [-0.15, -0.1) is 0 Å². The topological polar surface area (TPSA) is 99.7 Å². The van der Waals surface area contributed by atoms with Gasteiger partial charge < -0.3 is 15.5 Å². The van der Waals surface area contributed by atoms with Crippen molar-refractivity contribution in [2.24, 2.45) is 5.73 Å². The van der Waals surface area contributed by atoms with Crippen molar-refractivity contribution in [3.8, 4) is 0 Å². The zero-order valence-electron chi connectivity index (χ0n) is 12.9. The lowest BCUT2D eigenvalue weighted by molar-refractivity contribution is 0.264. The minimum atomic E-state index is -4.02. The van der Waals surface area contributed by atoms with Gasteiger partial charge in [-0.2, -0.15) is 0 Å². The van der Waals surface area contributed by atoms with Crippen LogP contribution in [0, 0.1) is 0 Å². The van der Waals surface area contributed by atoms with Crippen molar-refractivity contribution in [3.05, 3.63) is 65.5 Å². The molecule has 0 saturated carbocycles. The highest BCUT2D eigenvalue weighted by molar-refractivity contribution is 7.50. The molecule has 0 aliphatic rings. The first-order valence-electron chi connectivity index (χ1n) is 7.40. The van der Waals surface area contributed by atoms with Gasteiger partial charge in [-0.1, -0.05) is 24.3 Å². The van der Waals surface area contributed by atoms with Crippen molar-refractivity contribution >= 4 is 7.60 Å². The maximum atomic E-state index is 11.0. The van der Waals surface area contributed by atoms with Gasteiger partial charge in [0.25, 0.3) is 0 Å². The molecule has 6 nitrogen and oxygen atoms in total. The number of benzene rings is 1. The molecule has 2 rings (SSSR count). The Morgan fingerprint density at radius 2 is 1.48 bits per heavy atom. The summed E-state index contributed by atoms with van der Waals surface area (Å²) in [6.07, 6.45) is 3.32. The number of hydrogen-bond acceptors (Lipinski definition) is 4. The number of nitrogens with zero attached hydrogens (tertiary/aromatic N) is 2. The molecule has 0 aliphatic carbocycles. The van der Waals surface area contributed by atoms with E-state index in [9.17, 15) is 4.57 Å². The molecule has 1 heterocycles. The Morgan fingerprint density at radius 1 is 0.957 bits per heavy atom. The number of nitrogens with two attached hydrogens (primary N) is 1. The Bertz CT molecular complexity index is 643. The monoisotopic (exact) mass is 335 g/mol. The molecule has 1 aromatic heterocycles. The fraction of sp³-hybridized carbons (Fsp3) is 0.312. The summed E-state index contributed by atoms with van der Waals surface area (Å²) in [5.74, 6) is 0. The fourth-order valence-corrected chi connectivity index (χ4v) is 3.08. The van der Waals surface area contributed by atoms with Crippen molar-refractivity contribution in [1.82, 2.24) is 9.88 Å². The van der Waals surface area contributed by atoms with E-state index in [1.54, 1.807) is 24.5 Å². The predicted octanol–water partition coefficient (Wildman–Crippen LogP) is 1.72. The van der Waals surface area contributed by atoms with Crippen LogP contribution in [0.5, 0.6) is 0 Å². The normalized spacial score (nSPS) is 11.8. The van der Waals surface area contributed by atoms with Crippen LogP contribution in [0.4, 0.5) is 0 Å². The molecular weight excluding hydrogens is 313 g/mol. The molecule has 4 N–H and O–H groups in total. The Hall–Kier alpha value is -1.56. The molecule has 0 spiro atoms. The van der Waals surface area contributed by atoms with Crippen LogP contribution < -0.4 is 5.73 Å². The third-order valence-electron chi connectivity index (χ3n) is 3.42. The molecule has 0 amide bonds. The third kappa shape index (κ3) is 6.60. The van der Waals surface area contributed by atoms with Gasteiger partial charge >= 0.3 is 7.60 Å². The summed E-state index contributed by atoms with van der Waals surface area (Å²) in [6, 6.07) is 11.3. The largest absolute Gasteiger partial charge is 0.329 e. The molecule has 0 radical (unpaired) electrons. The van der Waals surface area contributed by atoms with E-state index in [1.807, 2.05) is 24.3 Å². The molecule has 0 saturated heterocycles. The van der Waals surface area contributed by atoms with Crippen molar-refractivity contribution in [1.29, 1.82) is 0 Å². The Balaban J connectivity index is 2.00. The van der Waals surface area contributed by atoms with Gasteiger partial charge in [0, 0.05) is 38.6 Å². The van der Waals surface area contributed by atoms with Gasteiger partial charge in [-0.25, -0.2) is 0 Å². The van der Waals surface area contributed by atoms with Gasteiger partial charge in [-0.3, -0.25) is 14.4 Å². The molecule has 0 atom stereocenters. The van der Waals surface area contributed by atoms with Crippen LogP contribution in [0.25, 0.3) is 0 Å². The van der Waals surface area contributed by atoms with Gasteiger partial charge in [0.1, 0.15) is 0 Å². The lowest BCUT2D eigenvalue weighted by atomic mass is 10.1. The Morgan fingerprint density at radius 3 is 2.00 bits per heavy atom. The van der Waals surface area contributed by atoms with Crippen LogP contribution in [0.1, 0.15) is 16.7 Å². The summed E-state index contributed by atoms with van der Waals surface area (Å²) < 4.78 is 11.0. The Kier molecular flexibility index (Phi) is 6.45. The van der Waals surface area contributed by atoms with Crippen LogP contribution in [0.15, 0.2) is 48.8 Å². The minimum Gasteiger partial charge on any atom is -0.329 e. The van der Waals surface area contributed by atoms with E-state index < -0.39 is 7.60 Å². The number of rotatable bonds is 8. The van der Waals surface area contributed by atoms with Crippen LogP contribution in [-0.4, -0.2) is 32.8 Å². The first-order chi connectivity index (χ1) is 11.0. The molecular formula is C16H22N3O3P. The maximum absolute atomic E-state index is 11.0. The maximum Gasteiger partial charge on any atom is 0.329 e. The molecule has 0 aliphatic heterocycles. The van der Waals surface area contributed by atoms with Crippen LogP contribution in [0.3, 0.4) is 0 Å². The molecule has 23 heavy (non-hydrogen) atoms. The molecule has 0 bridgehead atoms. The number of pyridine rings is 1. The predicted molar refractivity (Wildman–Crippen MR) is 89.6 cm³/mol. The van der Waals surface area contributed by atoms with E-state index >= 15 is 0 Å². The summed E-state index contributed by atoms with van der Waals surface area (Å²) in [6.45, 7) is 2.85. The van der Waals surface area contributed by atoms with E-state index in [4.69, 9.17) is 15.5 Å². The van der Waals surface area contributed by atoms with E-state index in [2.05, 4.69) is 9.88 Å². The van der Waals surface area contributed by atoms with E-state index in [0.717, 1.165) is 25.2 Å². The fourth-order valence-electron chi connectivity index (χ4n) is 2.39. The van der Waals surface area contributed by atoms with Crippen molar-refractivity contribution < 1.29 is 14.4 Å². The van der Waals surface area contributed by atoms with Crippen molar-refractivity contribution in [2.45, 2.75) is 19.3 Å². The van der Waals surface area contributed by atoms with Gasteiger partial charge in [0.15, 0.2) is 0 Å². The van der Waals surface area contributed by atoms with Crippen LogP contribution in [0.2, 0.25) is 0 Å². The number of aromatic nitrogens is 1. The smallest absolute Gasteiger partial charge is 0.329 e. The quantitative estimate of drug-likeness (QED) is 0.635. The van der Waals surface area contributed by atoms with Crippen molar-refractivity contribution in [2.75, 3.05) is 13.1 Å². The first kappa shape index (κ1) is 17.8. The van der Waals surface area contributed by atoms with E-state index in [-0.39, 0.29) is 6.16 Å². The molecule has 1 aromatic carbocycles. The van der Waals surface area contributed by atoms with E-state index in [1.165, 1.54) is 5.56 Å². The highest BCUT2D eigenvalue weighted by Gasteiger charge is 2.14. The van der Waals surface area contributed by atoms with Crippen LogP contribution in [-0.2, 0) is 23.8 Å². The average molecular weight is 335 g/mol. The standard InChI is InChI=1S/C16H22N3O3P/c17-7-10-19(12-15-5-8-18-9-6-15)11-14-1-3-16(4-2-14)13-23(20,21)22/h1-6,8-9H,7,10-13,17H2,(H2,20,21,22).